The number of hydrogen-bond acceptors (Lipinski definition) is 2. The maximum atomic E-state index is 12.2. The molecule has 11 heavy (non-hydrogen) atoms. The molecule has 0 bridgehead atoms. The molecule has 3 heteroatoms. The summed E-state index contributed by atoms with van der Waals surface area (Å²) >= 11 is 0. The van der Waals surface area contributed by atoms with Gasteiger partial charge in [-0.1, -0.05) is 19.2 Å². The van der Waals surface area contributed by atoms with Crippen molar-refractivity contribution in [1.82, 2.24) is 5.12 Å². The minimum Gasteiger partial charge on any atom is -0.300 e. The molecule has 0 aliphatic carbocycles. The highest BCUT2D eigenvalue weighted by Gasteiger charge is 1.96. The molecular formula is C8H11FN2. The molecule has 0 aromatic heterocycles. The first kappa shape index (κ1) is 9.62. The molecule has 0 aromatic rings. The van der Waals surface area contributed by atoms with Gasteiger partial charge in [-0.15, -0.1) is 4.48 Å². The van der Waals surface area contributed by atoms with Crippen molar-refractivity contribution in [1.29, 1.82) is 5.41 Å². The molecule has 0 amide bonds. The third-order valence-corrected chi connectivity index (χ3v) is 1.05. The fourth-order valence-electron chi connectivity index (χ4n) is 0.542. The van der Waals surface area contributed by atoms with Crippen LogP contribution < -0.4 is 0 Å². The molecule has 0 atom stereocenters. The molecule has 1 N–H and O–H groups in total. The van der Waals surface area contributed by atoms with Crippen LogP contribution in [0.3, 0.4) is 0 Å². The van der Waals surface area contributed by atoms with Crippen LogP contribution in [0, 0.1) is 5.41 Å². The zero-order chi connectivity index (χ0) is 8.85. The van der Waals surface area contributed by atoms with Crippen LogP contribution in [0.15, 0.2) is 37.1 Å². The van der Waals surface area contributed by atoms with Gasteiger partial charge in [0.25, 0.3) is 0 Å². The highest BCUT2D eigenvalue weighted by molar-refractivity contribution is 6.07. The van der Waals surface area contributed by atoms with Crippen LogP contribution in [0.2, 0.25) is 0 Å². The topological polar surface area (TPSA) is 27.1 Å². The molecule has 60 valence electrons. The summed E-state index contributed by atoms with van der Waals surface area (Å²) in [6.45, 7) is 6.82. The van der Waals surface area contributed by atoms with E-state index in [0.717, 1.165) is 6.20 Å². The molecule has 0 heterocycles. The van der Waals surface area contributed by atoms with Crippen molar-refractivity contribution in [2.45, 2.75) is 0 Å². The summed E-state index contributed by atoms with van der Waals surface area (Å²) in [5.41, 5.74) is 0.564. The smallest absolute Gasteiger partial charge is 0.0621 e. The molecule has 0 aromatic carbocycles. The lowest BCUT2D eigenvalue weighted by Gasteiger charge is -2.02. The molecule has 0 unspecified atom stereocenters. The largest absolute Gasteiger partial charge is 0.300 e. The highest BCUT2D eigenvalue weighted by atomic mass is 19.2. The second-order valence-corrected chi connectivity index (χ2v) is 1.93. The van der Waals surface area contributed by atoms with Crippen LogP contribution in [-0.2, 0) is 0 Å². The molecule has 0 rings (SSSR count). The van der Waals surface area contributed by atoms with E-state index < -0.39 is 0 Å². The van der Waals surface area contributed by atoms with Gasteiger partial charge in [-0.2, -0.15) is 0 Å². The van der Waals surface area contributed by atoms with E-state index in [4.69, 9.17) is 5.41 Å². The lowest BCUT2D eigenvalue weighted by Crippen LogP contribution is -2.01. The Morgan fingerprint density at radius 3 is 2.27 bits per heavy atom. The second-order valence-electron chi connectivity index (χ2n) is 1.93. The average molecular weight is 154 g/mol. The summed E-state index contributed by atoms with van der Waals surface area (Å²) in [7, 11) is 1.24. The van der Waals surface area contributed by atoms with Gasteiger partial charge < -0.3 is 5.41 Å². The fraction of sp³-hybridized carbons (Fsp3) is 0.125. The lowest BCUT2D eigenvalue weighted by atomic mass is 10.2. The van der Waals surface area contributed by atoms with Gasteiger partial charge in [0, 0.05) is 18.8 Å². The van der Waals surface area contributed by atoms with E-state index in [1.807, 2.05) is 0 Å². The Labute approximate surface area is 65.8 Å². The normalized spacial score (nSPS) is 10.5. The Kier molecular flexibility index (Phi) is 3.88. The summed E-state index contributed by atoms with van der Waals surface area (Å²) < 4.78 is 12.2. The van der Waals surface area contributed by atoms with Crippen LogP contribution in [0.4, 0.5) is 4.48 Å². The number of allylic oxidation sites excluding steroid dienone is 3. The Morgan fingerprint density at radius 1 is 1.45 bits per heavy atom. The molecule has 0 spiro atoms. The van der Waals surface area contributed by atoms with Crippen molar-refractivity contribution in [3.63, 3.8) is 0 Å². The van der Waals surface area contributed by atoms with Crippen LogP contribution in [0.1, 0.15) is 0 Å². The van der Waals surface area contributed by atoms with E-state index in [-0.39, 0.29) is 5.71 Å². The minimum absolute atomic E-state index is 0.157. The number of nitrogens with zero attached hydrogens (tertiary/aromatic N) is 1. The second kappa shape index (κ2) is 4.44. The molecule has 0 saturated carbocycles. The number of hydrogen-bond donors (Lipinski definition) is 1. The Bertz CT molecular complexity index is 204. The molecule has 0 saturated heterocycles. The summed E-state index contributed by atoms with van der Waals surface area (Å²) in [4.78, 5) is 0. The van der Waals surface area contributed by atoms with E-state index in [2.05, 4.69) is 13.2 Å². The van der Waals surface area contributed by atoms with Crippen molar-refractivity contribution < 1.29 is 4.48 Å². The third-order valence-electron chi connectivity index (χ3n) is 1.05. The average Bonchev–Trinajstić information content (AvgIpc) is 1.98. The molecular weight excluding hydrogens is 143 g/mol. The maximum Gasteiger partial charge on any atom is 0.0621 e. The summed E-state index contributed by atoms with van der Waals surface area (Å²) in [6, 6.07) is 0. The van der Waals surface area contributed by atoms with Gasteiger partial charge >= 0.3 is 0 Å². The SMILES string of the molecule is C=CC(=N)/C(C=C)=C/N(C)F. The number of rotatable bonds is 4. The van der Waals surface area contributed by atoms with Crippen LogP contribution >= 0.6 is 0 Å². The van der Waals surface area contributed by atoms with E-state index in [9.17, 15) is 4.48 Å². The van der Waals surface area contributed by atoms with Gasteiger partial charge in [0.2, 0.25) is 0 Å². The van der Waals surface area contributed by atoms with Crippen molar-refractivity contribution in [3.05, 3.63) is 37.1 Å². The van der Waals surface area contributed by atoms with Crippen molar-refractivity contribution in [2.75, 3.05) is 7.05 Å². The van der Waals surface area contributed by atoms with Crippen molar-refractivity contribution in [3.8, 4) is 0 Å². The minimum atomic E-state index is 0.157. The van der Waals surface area contributed by atoms with E-state index in [1.54, 1.807) is 0 Å². The molecule has 0 aliphatic heterocycles. The molecule has 2 nitrogen and oxygen atoms in total. The quantitative estimate of drug-likeness (QED) is 0.374. The first-order valence-electron chi connectivity index (χ1n) is 3.06. The fourth-order valence-corrected chi connectivity index (χ4v) is 0.542. The van der Waals surface area contributed by atoms with Gasteiger partial charge in [-0.3, -0.25) is 0 Å². The number of nitrogens with one attached hydrogen (secondary N) is 1. The summed E-state index contributed by atoms with van der Waals surface area (Å²) in [6.07, 6.45) is 3.90. The van der Waals surface area contributed by atoms with Gasteiger partial charge in [-0.05, 0) is 6.08 Å². The standard InChI is InChI=1S/C8H11FN2/c1-4-7(6-11(3)9)8(10)5-2/h4-6,10H,1-2H2,3H3/b7-6+,10-8?. The van der Waals surface area contributed by atoms with Crippen molar-refractivity contribution >= 4 is 5.71 Å². The monoisotopic (exact) mass is 154 g/mol. The van der Waals surface area contributed by atoms with Gasteiger partial charge in [0.1, 0.15) is 0 Å². The van der Waals surface area contributed by atoms with E-state index >= 15 is 0 Å². The Morgan fingerprint density at radius 2 is 2.00 bits per heavy atom. The van der Waals surface area contributed by atoms with Crippen LogP contribution in [0.5, 0.6) is 0 Å². The highest BCUT2D eigenvalue weighted by Crippen LogP contribution is 2.01. The first-order valence-corrected chi connectivity index (χ1v) is 3.06. The predicted molar refractivity (Wildman–Crippen MR) is 45.1 cm³/mol. The van der Waals surface area contributed by atoms with Gasteiger partial charge in [0.15, 0.2) is 0 Å². The van der Waals surface area contributed by atoms with Crippen molar-refractivity contribution in [2.24, 2.45) is 0 Å². The molecule has 0 fully saturated rings. The Hall–Kier alpha value is -1.38. The van der Waals surface area contributed by atoms with E-state index in [0.29, 0.717) is 10.7 Å². The van der Waals surface area contributed by atoms with Crippen LogP contribution in [0.25, 0.3) is 0 Å². The summed E-state index contributed by atoms with van der Waals surface area (Å²) in [5, 5.41) is 7.61. The number of halogens is 1. The zero-order valence-corrected chi connectivity index (χ0v) is 6.47. The lowest BCUT2D eigenvalue weighted by molar-refractivity contribution is 0.128. The Balaban J connectivity index is 4.52. The van der Waals surface area contributed by atoms with Crippen LogP contribution in [-0.4, -0.2) is 17.9 Å². The maximum absolute atomic E-state index is 12.2. The van der Waals surface area contributed by atoms with E-state index in [1.165, 1.54) is 19.2 Å². The third kappa shape index (κ3) is 3.35. The summed E-state index contributed by atoms with van der Waals surface area (Å²) in [5.74, 6) is 0. The van der Waals surface area contributed by atoms with Gasteiger partial charge in [-0.25, -0.2) is 5.12 Å². The molecule has 0 radical (unpaired) electrons. The zero-order valence-electron chi connectivity index (χ0n) is 6.47. The van der Waals surface area contributed by atoms with Gasteiger partial charge in [0.05, 0.1) is 5.71 Å². The first-order chi connectivity index (χ1) is 5.11. The molecule has 0 aliphatic rings. The predicted octanol–water partition coefficient (Wildman–Crippen LogP) is 2.08.